The van der Waals surface area contributed by atoms with Crippen molar-refractivity contribution in [1.29, 1.82) is 0 Å². The fourth-order valence-electron chi connectivity index (χ4n) is 4.73. The highest BCUT2D eigenvalue weighted by atomic mass is 16.7. The molecule has 2 aromatic rings. The number of nitrogens with zero attached hydrogens (tertiary/aromatic N) is 1. The highest BCUT2D eigenvalue weighted by Crippen LogP contribution is 2.49. The first-order valence-corrected chi connectivity index (χ1v) is 10.6. The van der Waals surface area contributed by atoms with E-state index in [-0.39, 0.29) is 24.3 Å². The first-order chi connectivity index (χ1) is 14.6. The maximum absolute atomic E-state index is 13.3. The zero-order valence-electron chi connectivity index (χ0n) is 17.6. The van der Waals surface area contributed by atoms with E-state index < -0.39 is 11.9 Å². The van der Waals surface area contributed by atoms with Crippen molar-refractivity contribution in [3.05, 3.63) is 84.4 Å². The molecule has 0 radical (unpaired) electrons. The van der Waals surface area contributed by atoms with Crippen molar-refractivity contribution in [2.75, 3.05) is 6.61 Å². The highest BCUT2D eigenvalue weighted by molar-refractivity contribution is 5.72. The van der Waals surface area contributed by atoms with Gasteiger partial charge in [0.2, 0.25) is 0 Å². The average molecular weight is 408 g/mol. The van der Waals surface area contributed by atoms with Crippen molar-refractivity contribution >= 4 is 6.09 Å². The molecular formula is C25H29NO4. The number of ether oxygens (including phenoxy) is 3. The first kappa shape index (κ1) is 20.6. The molecular weight excluding hydrogens is 378 g/mol. The van der Waals surface area contributed by atoms with Crippen molar-refractivity contribution in [2.45, 2.75) is 56.8 Å². The molecule has 0 aromatic heterocycles. The Hall–Kier alpha value is -2.63. The predicted molar refractivity (Wildman–Crippen MR) is 115 cm³/mol. The van der Waals surface area contributed by atoms with Gasteiger partial charge >= 0.3 is 6.09 Å². The number of hydrogen-bond acceptors (Lipinski definition) is 4. The van der Waals surface area contributed by atoms with Crippen LogP contribution < -0.4 is 0 Å². The lowest BCUT2D eigenvalue weighted by atomic mass is 9.92. The summed E-state index contributed by atoms with van der Waals surface area (Å²) in [7, 11) is 0. The van der Waals surface area contributed by atoms with Gasteiger partial charge in [-0.1, -0.05) is 66.7 Å². The highest BCUT2D eigenvalue weighted by Gasteiger charge is 2.56. The molecule has 0 spiro atoms. The Morgan fingerprint density at radius 1 is 1.13 bits per heavy atom. The van der Waals surface area contributed by atoms with Crippen LogP contribution in [0.1, 0.15) is 50.0 Å². The molecule has 0 N–H and O–H groups in total. The molecule has 2 fully saturated rings. The number of cyclic esters (lactones) is 1. The third kappa shape index (κ3) is 3.75. The molecule has 2 aliphatic heterocycles. The molecule has 30 heavy (non-hydrogen) atoms. The molecule has 2 heterocycles. The average Bonchev–Trinajstić information content (AvgIpc) is 3.26. The fraction of sp³-hybridized carbons (Fsp3) is 0.400. The van der Waals surface area contributed by atoms with Crippen LogP contribution >= 0.6 is 0 Å². The number of amides is 1. The summed E-state index contributed by atoms with van der Waals surface area (Å²) in [5, 5.41) is 0. The summed E-state index contributed by atoms with van der Waals surface area (Å²) in [5.41, 5.74) is 2.00. The van der Waals surface area contributed by atoms with Gasteiger partial charge in [0.05, 0.1) is 12.1 Å². The molecule has 5 nitrogen and oxygen atoms in total. The van der Waals surface area contributed by atoms with Crippen molar-refractivity contribution in [1.82, 2.24) is 4.90 Å². The van der Waals surface area contributed by atoms with E-state index in [1.54, 1.807) is 0 Å². The molecule has 0 bridgehead atoms. The van der Waals surface area contributed by atoms with E-state index >= 15 is 0 Å². The third-order valence-electron chi connectivity index (χ3n) is 5.98. The smallest absolute Gasteiger partial charge is 0.411 e. The van der Waals surface area contributed by atoms with Crippen molar-refractivity contribution in [2.24, 2.45) is 0 Å². The lowest BCUT2D eigenvalue weighted by molar-refractivity contribution is -0.231. The Labute approximate surface area is 178 Å². The number of carbonyl (C=O) groups is 1. The number of carbonyl (C=O) groups excluding carboxylic acids is 1. The van der Waals surface area contributed by atoms with Crippen LogP contribution in [0, 0.1) is 0 Å². The second kappa shape index (κ2) is 8.62. The lowest BCUT2D eigenvalue weighted by Gasteiger charge is -2.38. The van der Waals surface area contributed by atoms with Crippen LogP contribution in [-0.4, -0.2) is 35.5 Å². The molecule has 5 atom stereocenters. The van der Waals surface area contributed by atoms with Gasteiger partial charge in [-0.15, -0.1) is 6.58 Å². The Morgan fingerprint density at radius 2 is 1.77 bits per heavy atom. The maximum atomic E-state index is 13.3. The van der Waals surface area contributed by atoms with Gasteiger partial charge in [0, 0.05) is 6.61 Å². The summed E-state index contributed by atoms with van der Waals surface area (Å²) >= 11 is 0. The van der Waals surface area contributed by atoms with Crippen molar-refractivity contribution in [3.63, 3.8) is 0 Å². The summed E-state index contributed by atoms with van der Waals surface area (Å²) in [4.78, 5) is 15.1. The molecule has 4 rings (SSSR count). The van der Waals surface area contributed by atoms with Crippen LogP contribution in [0.5, 0.6) is 0 Å². The monoisotopic (exact) mass is 407 g/mol. The molecule has 0 aliphatic carbocycles. The van der Waals surface area contributed by atoms with Crippen LogP contribution in [0.4, 0.5) is 4.79 Å². The van der Waals surface area contributed by atoms with Gasteiger partial charge in [0.1, 0.15) is 6.04 Å². The minimum atomic E-state index is -0.903. The van der Waals surface area contributed by atoms with Gasteiger partial charge in [-0.3, -0.25) is 4.90 Å². The summed E-state index contributed by atoms with van der Waals surface area (Å²) in [6.07, 6.45) is 2.44. The van der Waals surface area contributed by atoms with Crippen LogP contribution in [0.15, 0.2) is 73.3 Å². The largest absolute Gasteiger partial charge is 0.439 e. The molecule has 1 amide bonds. The quantitative estimate of drug-likeness (QED) is 0.576. The van der Waals surface area contributed by atoms with Gasteiger partial charge in [-0.05, 0) is 37.8 Å². The molecule has 2 aliphatic rings. The second-order valence-electron chi connectivity index (χ2n) is 7.94. The number of benzene rings is 2. The van der Waals surface area contributed by atoms with Gasteiger partial charge in [-0.2, -0.15) is 0 Å². The van der Waals surface area contributed by atoms with Crippen molar-refractivity contribution < 1.29 is 19.0 Å². The Balaban J connectivity index is 1.76. The third-order valence-corrected chi connectivity index (χ3v) is 5.98. The van der Waals surface area contributed by atoms with Crippen LogP contribution in [0.25, 0.3) is 0 Å². The molecule has 0 saturated carbocycles. The van der Waals surface area contributed by atoms with E-state index in [9.17, 15) is 4.79 Å². The zero-order chi connectivity index (χ0) is 21.1. The normalized spacial score (nSPS) is 31.0. The molecule has 2 saturated heterocycles. The van der Waals surface area contributed by atoms with E-state index in [0.717, 1.165) is 11.1 Å². The SMILES string of the molecule is C=CC[C@H]1C[C@H](N2C(=O)O[C@H](c3ccccc3)[C@@H]2c2ccccc2)[C@@](C)(OCC)O1. The van der Waals surface area contributed by atoms with E-state index in [4.69, 9.17) is 14.2 Å². The second-order valence-corrected chi connectivity index (χ2v) is 7.94. The van der Waals surface area contributed by atoms with Gasteiger partial charge in [0.15, 0.2) is 11.9 Å². The number of hydrogen-bond donors (Lipinski definition) is 0. The summed E-state index contributed by atoms with van der Waals surface area (Å²) in [6.45, 7) is 8.21. The predicted octanol–water partition coefficient (Wildman–Crippen LogP) is 5.41. The molecule has 158 valence electrons. The number of rotatable bonds is 7. The minimum Gasteiger partial charge on any atom is -0.439 e. The van der Waals surface area contributed by atoms with Crippen LogP contribution in [0.2, 0.25) is 0 Å². The lowest BCUT2D eigenvalue weighted by Crippen LogP contribution is -2.51. The first-order valence-electron chi connectivity index (χ1n) is 10.6. The van der Waals surface area contributed by atoms with E-state index in [0.29, 0.717) is 19.4 Å². The molecule has 5 heteroatoms. The molecule has 0 unspecified atom stereocenters. The maximum Gasteiger partial charge on any atom is 0.411 e. The Bertz CT molecular complexity index is 871. The summed E-state index contributed by atoms with van der Waals surface area (Å²) in [5.74, 6) is -0.903. The zero-order valence-corrected chi connectivity index (χ0v) is 17.6. The van der Waals surface area contributed by atoms with Crippen molar-refractivity contribution in [3.8, 4) is 0 Å². The summed E-state index contributed by atoms with van der Waals surface area (Å²) < 4.78 is 18.3. The Kier molecular flexibility index (Phi) is 5.93. The van der Waals surface area contributed by atoms with Crippen LogP contribution in [-0.2, 0) is 14.2 Å². The van der Waals surface area contributed by atoms with Gasteiger partial charge < -0.3 is 14.2 Å². The van der Waals surface area contributed by atoms with E-state index in [1.807, 2.05) is 85.5 Å². The van der Waals surface area contributed by atoms with E-state index in [2.05, 4.69) is 6.58 Å². The standard InChI is InChI=1S/C25H29NO4/c1-4-12-20-17-21(25(3,30-20)28-5-2)26-22(18-13-8-6-9-14-18)23(29-24(26)27)19-15-10-7-11-16-19/h4,6-11,13-16,20-23H,1,5,12,17H2,2-3H3/t20-,21-,22-,23+,25-/m0/s1. The fourth-order valence-corrected chi connectivity index (χ4v) is 4.73. The van der Waals surface area contributed by atoms with Gasteiger partial charge in [-0.25, -0.2) is 4.79 Å². The minimum absolute atomic E-state index is 0.0518. The summed E-state index contributed by atoms with van der Waals surface area (Å²) in [6, 6.07) is 19.4. The van der Waals surface area contributed by atoms with Gasteiger partial charge in [0.25, 0.3) is 0 Å². The topological polar surface area (TPSA) is 48.0 Å². The molecule has 2 aromatic carbocycles. The van der Waals surface area contributed by atoms with Crippen LogP contribution in [0.3, 0.4) is 0 Å². The van der Waals surface area contributed by atoms with E-state index in [1.165, 1.54) is 0 Å². The Morgan fingerprint density at radius 3 is 2.37 bits per heavy atom.